The van der Waals surface area contributed by atoms with Crippen LogP contribution in [0.15, 0.2) is 35.3 Å². The summed E-state index contributed by atoms with van der Waals surface area (Å²) < 4.78 is 1.52. The molecule has 2 heterocycles. The lowest BCUT2D eigenvalue weighted by molar-refractivity contribution is 0.0350. The summed E-state index contributed by atoms with van der Waals surface area (Å²) in [6.45, 7) is 7.47. The minimum absolute atomic E-state index is 0.0788. The van der Waals surface area contributed by atoms with Crippen molar-refractivity contribution in [2.45, 2.75) is 32.9 Å². The Hall–Kier alpha value is -1.72. The van der Waals surface area contributed by atoms with Crippen LogP contribution in [0.4, 0.5) is 0 Å². The Morgan fingerprint density at radius 2 is 2.15 bits per heavy atom. The largest absolute Gasteiger partial charge is 0.389 e. The predicted molar refractivity (Wildman–Crippen MR) is 78.7 cm³/mol. The van der Waals surface area contributed by atoms with Gasteiger partial charge in [0.25, 0.3) is 5.56 Å². The Bertz CT molecular complexity index is 643. The van der Waals surface area contributed by atoms with Crippen molar-refractivity contribution in [1.82, 2.24) is 14.3 Å². The fourth-order valence-electron chi connectivity index (χ4n) is 2.24. The Balaban J connectivity index is 2.27. The molecule has 0 atom stereocenters. The van der Waals surface area contributed by atoms with E-state index in [2.05, 4.69) is 9.88 Å². The van der Waals surface area contributed by atoms with Crippen molar-refractivity contribution in [3.8, 4) is 0 Å². The molecule has 2 aromatic rings. The number of rotatable bonds is 5. The number of aromatic nitrogens is 2. The number of hydrogen-bond acceptors (Lipinski definition) is 4. The second-order valence-electron chi connectivity index (χ2n) is 5.63. The Morgan fingerprint density at radius 3 is 2.80 bits per heavy atom. The van der Waals surface area contributed by atoms with Crippen LogP contribution in [-0.2, 0) is 6.54 Å². The first-order chi connectivity index (χ1) is 9.39. The molecule has 5 heteroatoms. The van der Waals surface area contributed by atoms with Gasteiger partial charge in [0.2, 0.25) is 0 Å². The fraction of sp³-hybridized carbons (Fsp3) is 0.467. The highest BCUT2D eigenvalue weighted by Crippen LogP contribution is 2.08. The van der Waals surface area contributed by atoms with Crippen molar-refractivity contribution < 1.29 is 5.11 Å². The third-order valence-corrected chi connectivity index (χ3v) is 3.07. The molecule has 108 valence electrons. The number of pyridine rings is 1. The maximum absolute atomic E-state index is 12.0. The van der Waals surface area contributed by atoms with Crippen molar-refractivity contribution in [2.24, 2.45) is 0 Å². The number of fused-ring (bicyclic) bond motifs is 1. The van der Waals surface area contributed by atoms with Crippen LogP contribution in [0, 0.1) is 0 Å². The molecule has 0 aromatic carbocycles. The average Bonchev–Trinajstić information content (AvgIpc) is 2.36. The van der Waals surface area contributed by atoms with E-state index < -0.39 is 5.60 Å². The topological polar surface area (TPSA) is 57.8 Å². The molecule has 2 rings (SSSR count). The van der Waals surface area contributed by atoms with Crippen LogP contribution < -0.4 is 5.56 Å². The number of aliphatic hydroxyl groups is 1. The molecule has 0 radical (unpaired) electrons. The lowest BCUT2D eigenvalue weighted by atomic mass is 10.1. The minimum Gasteiger partial charge on any atom is -0.389 e. The molecular weight excluding hydrogens is 254 g/mol. The highest BCUT2D eigenvalue weighted by Gasteiger charge is 2.18. The number of hydrogen-bond donors (Lipinski definition) is 1. The molecule has 2 aromatic heterocycles. The maximum Gasteiger partial charge on any atom is 0.258 e. The summed E-state index contributed by atoms with van der Waals surface area (Å²) in [4.78, 5) is 18.6. The Kier molecular flexibility index (Phi) is 4.20. The zero-order valence-corrected chi connectivity index (χ0v) is 12.2. The van der Waals surface area contributed by atoms with Crippen molar-refractivity contribution in [3.05, 3.63) is 46.5 Å². The highest BCUT2D eigenvalue weighted by atomic mass is 16.3. The summed E-state index contributed by atoms with van der Waals surface area (Å²) >= 11 is 0. The second-order valence-corrected chi connectivity index (χ2v) is 5.63. The average molecular weight is 275 g/mol. The quantitative estimate of drug-likeness (QED) is 0.893. The van der Waals surface area contributed by atoms with Gasteiger partial charge in [-0.3, -0.25) is 14.1 Å². The SMILES string of the molecule is CCN(Cc1cc(=O)n2ccccc2n1)CC(C)(C)O. The second kappa shape index (κ2) is 5.73. The fourth-order valence-corrected chi connectivity index (χ4v) is 2.24. The highest BCUT2D eigenvalue weighted by molar-refractivity contribution is 5.37. The molecule has 5 nitrogen and oxygen atoms in total. The van der Waals surface area contributed by atoms with E-state index in [-0.39, 0.29) is 5.56 Å². The van der Waals surface area contributed by atoms with Crippen LogP contribution in [0.5, 0.6) is 0 Å². The van der Waals surface area contributed by atoms with E-state index in [0.717, 1.165) is 12.2 Å². The van der Waals surface area contributed by atoms with E-state index in [1.165, 1.54) is 4.40 Å². The smallest absolute Gasteiger partial charge is 0.258 e. The van der Waals surface area contributed by atoms with Crippen LogP contribution >= 0.6 is 0 Å². The third-order valence-electron chi connectivity index (χ3n) is 3.07. The van der Waals surface area contributed by atoms with E-state index in [9.17, 15) is 9.90 Å². The summed E-state index contributed by atoms with van der Waals surface area (Å²) in [5, 5.41) is 9.90. The zero-order chi connectivity index (χ0) is 14.8. The van der Waals surface area contributed by atoms with Gasteiger partial charge in [-0.1, -0.05) is 13.0 Å². The van der Waals surface area contributed by atoms with E-state index >= 15 is 0 Å². The molecular formula is C15H21N3O2. The minimum atomic E-state index is -0.762. The molecule has 0 amide bonds. The van der Waals surface area contributed by atoms with Gasteiger partial charge in [-0.05, 0) is 32.5 Å². The van der Waals surface area contributed by atoms with Crippen molar-refractivity contribution in [3.63, 3.8) is 0 Å². The molecule has 0 saturated carbocycles. The van der Waals surface area contributed by atoms with Crippen LogP contribution in [0.25, 0.3) is 5.65 Å². The van der Waals surface area contributed by atoms with Gasteiger partial charge in [-0.15, -0.1) is 0 Å². The summed E-state index contributed by atoms with van der Waals surface area (Å²) in [6.07, 6.45) is 1.71. The zero-order valence-electron chi connectivity index (χ0n) is 12.2. The molecule has 0 fully saturated rings. The predicted octanol–water partition coefficient (Wildman–Crippen LogP) is 1.29. The molecule has 0 unspecified atom stereocenters. The van der Waals surface area contributed by atoms with Gasteiger partial charge in [0.1, 0.15) is 5.65 Å². The monoisotopic (exact) mass is 275 g/mol. The molecule has 1 N–H and O–H groups in total. The van der Waals surface area contributed by atoms with Gasteiger partial charge < -0.3 is 5.11 Å². The maximum atomic E-state index is 12.0. The molecule has 0 saturated heterocycles. The normalized spacial score (nSPS) is 12.2. The van der Waals surface area contributed by atoms with Gasteiger partial charge in [-0.2, -0.15) is 0 Å². The molecule has 0 aliphatic heterocycles. The molecule has 0 spiro atoms. The lowest BCUT2D eigenvalue weighted by Gasteiger charge is -2.27. The lowest BCUT2D eigenvalue weighted by Crippen LogP contribution is -2.38. The van der Waals surface area contributed by atoms with E-state index in [0.29, 0.717) is 18.7 Å². The standard InChI is InChI=1S/C15H21N3O2/c1-4-17(11-15(2,3)20)10-12-9-14(19)18-8-6-5-7-13(18)16-12/h5-9,20H,4,10-11H2,1-3H3. The van der Waals surface area contributed by atoms with Gasteiger partial charge in [-0.25, -0.2) is 4.98 Å². The van der Waals surface area contributed by atoms with Crippen LogP contribution in [-0.4, -0.2) is 38.1 Å². The van der Waals surface area contributed by atoms with Gasteiger partial charge in [0, 0.05) is 25.4 Å². The Morgan fingerprint density at radius 1 is 1.40 bits per heavy atom. The van der Waals surface area contributed by atoms with Crippen molar-refractivity contribution >= 4 is 5.65 Å². The van der Waals surface area contributed by atoms with Crippen LogP contribution in [0.3, 0.4) is 0 Å². The Labute approximate surface area is 118 Å². The number of nitrogens with zero attached hydrogens (tertiary/aromatic N) is 3. The first-order valence-corrected chi connectivity index (χ1v) is 6.81. The van der Waals surface area contributed by atoms with E-state index in [1.54, 1.807) is 26.1 Å². The molecule has 0 bridgehead atoms. The molecule has 0 aliphatic rings. The summed E-state index contributed by atoms with van der Waals surface area (Å²) in [7, 11) is 0. The third kappa shape index (κ3) is 3.65. The van der Waals surface area contributed by atoms with E-state index in [1.807, 2.05) is 25.1 Å². The van der Waals surface area contributed by atoms with Crippen LogP contribution in [0.2, 0.25) is 0 Å². The first-order valence-electron chi connectivity index (χ1n) is 6.81. The summed E-state index contributed by atoms with van der Waals surface area (Å²) in [5.74, 6) is 0. The first kappa shape index (κ1) is 14.7. The van der Waals surface area contributed by atoms with Crippen LogP contribution in [0.1, 0.15) is 26.5 Å². The van der Waals surface area contributed by atoms with Gasteiger partial charge in [0.05, 0.1) is 11.3 Å². The van der Waals surface area contributed by atoms with E-state index in [4.69, 9.17) is 0 Å². The number of likely N-dealkylation sites (N-methyl/N-ethyl adjacent to an activating group) is 1. The molecule has 0 aliphatic carbocycles. The van der Waals surface area contributed by atoms with Crippen molar-refractivity contribution in [1.29, 1.82) is 0 Å². The van der Waals surface area contributed by atoms with Gasteiger partial charge in [0.15, 0.2) is 0 Å². The summed E-state index contributed by atoms with van der Waals surface area (Å²) in [6, 6.07) is 7.04. The summed E-state index contributed by atoms with van der Waals surface area (Å²) in [5.41, 5.74) is 0.536. The molecule has 20 heavy (non-hydrogen) atoms. The van der Waals surface area contributed by atoms with Gasteiger partial charge >= 0.3 is 0 Å². The van der Waals surface area contributed by atoms with Crippen molar-refractivity contribution in [2.75, 3.05) is 13.1 Å².